The van der Waals surface area contributed by atoms with Crippen LogP contribution in [0.4, 0.5) is 10.1 Å². The number of piperazine rings is 1. The van der Waals surface area contributed by atoms with E-state index >= 15 is 0 Å². The number of aliphatic hydroxyl groups excluding tert-OH is 1. The van der Waals surface area contributed by atoms with Crippen LogP contribution in [0.5, 0.6) is 11.5 Å². The highest BCUT2D eigenvalue weighted by Gasteiger charge is 2.20. The highest BCUT2D eigenvalue weighted by atomic mass is 19.1. The fourth-order valence-electron chi connectivity index (χ4n) is 5.28. The van der Waals surface area contributed by atoms with Gasteiger partial charge in [0.15, 0.2) is 0 Å². The van der Waals surface area contributed by atoms with Crippen molar-refractivity contribution in [3.8, 4) is 11.5 Å². The number of nitrogens with zero attached hydrogens (tertiary/aromatic N) is 1. The van der Waals surface area contributed by atoms with Crippen molar-refractivity contribution in [1.82, 2.24) is 16.0 Å². The summed E-state index contributed by atoms with van der Waals surface area (Å²) in [7, 11) is 3.59. The minimum atomic E-state index is -0.393. The topological polar surface area (TPSA) is 95.1 Å². The summed E-state index contributed by atoms with van der Waals surface area (Å²) >= 11 is 0. The van der Waals surface area contributed by atoms with Crippen LogP contribution in [0.25, 0.3) is 0 Å². The fraction of sp³-hybridized carbons (Fsp3) is 0.581. The maximum atomic E-state index is 14.6. The number of nitrogens with one attached hydrogen (secondary N) is 3. The van der Waals surface area contributed by atoms with Crippen molar-refractivity contribution >= 4 is 12.1 Å². The lowest BCUT2D eigenvalue weighted by molar-refractivity contribution is -0.109. The highest BCUT2D eigenvalue weighted by Crippen LogP contribution is 2.34. The van der Waals surface area contributed by atoms with Crippen molar-refractivity contribution in [2.24, 2.45) is 0 Å². The smallest absolute Gasteiger partial charge is 0.207 e. The van der Waals surface area contributed by atoms with Crippen molar-refractivity contribution in [3.63, 3.8) is 0 Å². The monoisotopic (exact) mass is 558 g/mol. The molecule has 9 heteroatoms. The number of hydrogen-bond acceptors (Lipinski definition) is 7. The summed E-state index contributed by atoms with van der Waals surface area (Å²) in [5.74, 6) is 1.23. The number of carbonyl (C=O) groups is 1. The number of aryl methyl sites for hydroxylation is 1. The lowest BCUT2D eigenvalue weighted by atomic mass is 9.87. The molecular weight excluding hydrogens is 511 g/mol. The molecule has 3 atom stereocenters. The molecule has 1 aliphatic rings. The molecular formula is C31H47FN4O4. The van der Waals surface area contributed by atoms with Gasteiger partial charge < -0.3 is 35.4 Å². The molecule has 1 heterocycles. The van der Waals surface area contributed by atoms with Crippen LogP contribution in [0.3, 0.4) is 0 Å². The van der Waals surface area contributed by atoms with E-state index in [1.165, 1.54) is 11.6 Å². The first-order chi connectivity index (χ1) is 19.4. The van der Waals surface area contributed by atoms with Crippen LogP contribution in [-0.2, 0) is 11.2 Å². The summed E-state index contributed by atoms with van der Waals surface area (Å²) in [6.07, 6.45) is 4.83. The van der Waals surface area contributed by atoms with E-state index in [4.69, 9.17) is 9.47 Å². The molecule has 0 saturated carbocycles. The summed E-state index contributed by atoms with van der Waals surface area (Å²) in [5.41, 5.74) is 3.11. The largest absolute Gasteiger partial charge is 0.496 e. The Hall–Kier alpha value is -2.88. The van der Waals surface area contributed by atoms with Crippen molar-refractivity contribution in [3.05, 3.63) is 53.3 Å². The molecule has 3 rings (SSSR count). The molecule has 4 N–H and O–H groups in total. The summed E-state index contributed by atoms with van der Waals surface area (Å²) in [4.78, 5) is 13.0. The van der Waals surface area contributed by atoms with E-state index < -0.39 is 6.10 Å². The number of hydrogen-bond donors (Lipinski definition) is 4. The first kappa shape index (κ1) is 31.6. The Morgan fingerprint density at radius 3 is 2.58 bits per heavy atom. The van der Waals surface area contributed by atoms with Crippen molar-refractivity contribution in [2.75, 3.05) is 58.3 Å². The van der Waals surface area contributed by atoms with Gasteiger partial charge in [0.1, 0.15) is 23.4 Å². The molecule has 1 amide bonds. The number of benzene rings is 2. The summed E-state index contributed by atoms with van der Waals surface area (Å²) in [5, 5.41) is 19.2. The van der Waals surface area contributed by atoms with Crippen molar-refractivity contribution in [2.45, 2.75) is 63.6 Å². The molecule has 2 aromatic carbocycles. The Bertz CT molecular complexity index is 1030. The Kier molecular flexibility index (Phi) is 13.5. The number of methoxy groups -OCH3 is 1. The van der Waals surface area contributed by atoms with Gasteiger partial charge in [-0.2, -0.15) is 0 Å². The highest BCUT2D eigenvalue weighted by molar-refractivity contribution is 5.51. The van der Waals surface area contributed by atoms with Gasteiger partial charge in [0, 0.05) is 50.5 Å². The van der Waals surface area contributed by atoms with E-state index in [9.17, 15) is 14.3 Å². The standard InChI is InChI=1S/C31H47FN4O4/c1-23(38)4-7-25(10-13-35-22-37)30-18-24(6-9-31(30)39-3)5-8-28(11-12-33-2)40-29-20-26(32)19-27(21-29)36-16-14-34-15-17-36/h6,9,18-23,25,28,33-34,38H,4-5,7-8,10-17H2,1-3H3,(H,35,37). The van der Waals surface area contributed by atoms with Gasteiger partial charge in [0.05, 0.1) is 13.2 Å². The predicted molar refractivity (Wildman–Crippen MR) is 158 cm³/mol. The third-order valence-corrected chi connectivity index (χ3v) is 7.50. The Morgan fingerprint density at radius 2 is 1.88 bits per heavy atom. The van der Waals surface area contributed by atoms with Gasteiger partial charge in [-0.15, -0.1) is 0 Å². The summed E-state index contributed by atoms with van der Waals surface area (Å²) in [6, 6.07) is 11.3. The fourth-order valence-corrected chi connectivity index (χ4v) is 5.28. The second-order valence-electron chi connectivity index (χ2n) is 10.6. The third-order valence-electron chi connectivity index (χ3n) is 7.50. The molecule has 2 aromatic rings. The second-order valence-corrected chi connectivity index (χ2v) is 10.6. The minimum absolute atomic E-state index is 0.0847. The molecule has 8 nitrogen and oxygen atoms in total. The first-order valence-corrected chi connectivity index (χ1v) is 14.5. The normalized spacial score (nSPS) is 15.8. The van der Waals surface area contributed by atoms with E-state index in [0.717, 1.165) is 88.2 Å². The van der Waals surface area contributed by atoms with E-state index in [1.54, 1.807) is 20.1 Å². The lowest BCUT2D eigenvalue weighted by Gasteiger charge is -2.30. The number of aliphatic hydroxyl groups is 1. The van der Waals surface area contributed by atoms with Crippen LogP contribution in [0.2, 0.25) is 0 Å². The molecule has 0 radical (unpaired) electrons. The number of rotatable bonds is 18. The lowest BCUT2D eigenvalue weighted by Crippen LogP contribution is -2.43. The van der Waals surface area contributed by atoms with Crippen LogP contribution < -0.4 is 30.3 Å². The van der Waals surface area contributed by atoms with Gasteiger partial charge in [-0.1, -0.05) is 12.1 Å². The molecule has 0 aromatic heterocycles. The Balaban J connectivity index is 1.74. The minimum Gasteiger partial charge on any atom is -0.496 e. The SMILES string of the molecule is CNCCC(CCc1ccc(OC)c(C(CCNC=O)CCC(C)O)c1)Oc1cc(F)cc(N2CCNCC2)c1. The van der Waals surface area contributed by atoms with E-state index in [1.807, 2.05) is 19.2 Å². The number of halogens is 1. The summed E-state index contributed by atoms with van der Waals surface area (Å²) in [6.45, 7) is 6.60. The van der Waals surface area contributed by atoms with E-state index in [-0.39, 0.29) is 17.8 Å². The van der Waals surface area contributed by atoms with Crippen LogP contribution in [0, 0.1) is 5.82 Å². The Morgan fingerprint density at radius 1 is 1.07 bits per heavy atom. The van der Waals surface area contributed by atoms with Gasteiger partial charge >= 0.3 is 0 Å². The van der Waals surface area contributed by atoms with Crippen molar-refractivity contribution in [1.29, 1.82) is 0 Å². The van der Waals surface area contributed by atoms with Crippen LogP contribution in [0.15, 0.2) is 36.4 Å². The molecule has 3 unspecified atom stereocenters. The van der Waals surface area contributed by atoms with Gasteiger partial charge in [0.2, 0.25) is 6.41 Å². The maximum absolute atomic E-state index is 14.6. The first-order valence-electron chi connectivity index (χ1n) is 14.5. The Labute approximate surface area is 238 Å². The average Bonchev–Trinajstić information content (AvgIpc) is 2.96. The molecule has 1 saturated heterocycles. The quantitative estimate of drug-likeness (QED) is 0.164. The number of amides is 1. The molecule has 222 valence electrons. The number of anilines is 1. The molecule has 1 aliphatic heterocycles. The molecule has 1 fully saturated rings. The number of ether oxygens (including phenoxy) is 2. The zero-order valence-corrected chi connectivity index (χ0v) is 24.3. The average molecular weight is 559 g/mol. The van der Waals surface area contributed by atoms with Crippen LogP contribution >= 0.6 is 0 Å². The van der Waals surface area contributed by atoms with Gasteiger partial charge in [-0.3, -0.25) is 4.79 Å². The van der Waals surface area contributed by atoms with E-state index in [0.29, 0.717) is 18.7 Å². The molecule has 40 heavy (non-hydrogen) atoms. The second kappa shape index (κ2) is 17.0. The maximum Gasteiger partial charge on any atom is 0.207 e. The molecule has 0 aliphatic carbocycles. The molecule has 0 bridgehead atoms. The van der Waals surface area contributed by atoms with Gasteiger partial charge in [-0.25, -0.2) is 4.39 Å². The summed E-state index contributed by atoms with van der Waals surface area (Å²) < 4.78 is 26.6. The van der Waals surface area contributed by atoms with Gasteiger partial charge in [0.25, 0.3) is 0 Å². The zero-order chi connectivity index (χ0) is 28.7. The zero-order valence-electron chi connectivity index (χ0n) is 24.3. The number of carbonyl (C=O) groups excluding carboxylic acids is 1. The predicted octanol–water partition coefficient (Wildman–Crippen LogP) is 3.61. The van der Waals surface area contributed by atoms with Crippen LogP contribution in [0.1, 0.15) is 56.1 Å². The van der Waals surface area contributed by atoms with Gasteiger partial charge in [-0.05, 0) is 88.2 Å². The van der Waals surface area contributed by atoms with Crippen LogP contribution in [-0.4, -0.2) is 77.2 Å². The van der Waals surface area contributed by atoms with Crippen molar-refractivity contribution < 1.29 is 23.8 Å². The third kappa shape index (κ3) is 10.3. The molecule has 0 spiro atoms. The van der Waals surface area contributed by atoms with E-state index in [2.05, 4.69) is 33.0 Å².